The normalized spacial score (nSPS) is 16.8. The zero-order valence-corrected chi connectivity index (χ0v) is 19.8. The van der Waals surface area contributed by atoms with Crippen LogP contribution in [0.5, 0.6) is 0 Å². The molecule has 1 aliphatic rings. The van der Waals surface area contributed by atoms with Crippen LogP contribution in [0.2, 0.25) is 0 Å². The van der Waals surface area contributed by atoms with E-state index in [0.717, 1.165) is 51.2 Å². The van der Waals surface area contributed by atoms with E-state index in [9.17, 15) is 4.79 Å². The van der Waals surface area contributed by atoms with Gasteiger partial charge in [0.05, 0.1) is 22.7 Å². The topological polar surface area (TPSA) is 93.1 Å². The van der Waals surface area contributed by atoms with Gasteiger partial charge in [-0.3, -0.25) is 4.79 Å². The van der Waals surface area contributed by atoms with E-state index in [2.05, 4.69) is 24.9 Å². The molecule has 0 saturated heterocycles. The van der Waals surface area contributed by atoms with Crippen molar-refractivity contribution in [1.29, 1.82) is 0 Å². The number of carbonyl (C=O) groups is 1. The fourth-order valence-electron chi connectivity index (χ4n) is 4.27. The third-order valence-electron chi connectivity index (χ3n) is 6.12. The molecular formula is C22H24N6O2S2. The summed E-state index contributed by atoms with van der Waals surface area (Å²) in [5.41, 5.74) is 3.10. The van der Waals surface area contributed by atoms with Crippen LogP contribution in [0.3, 0.4) is 0 Å². The van der Waals surface area contributed by atoms with E-state index in [1.165, 1.54) is 22.0 Å². The zero-order valence-electron chi connectivity index (χ0n) is 18.2. The van der Waals surface area contributed by atoms with Gasteiger partial charge in [0.15, 0.2) is 0 Å². The molecule has 2 atom stereocenters. The first kappa shape index (κ1) is 21.2. The highest BCUT2D eigenvalue weighted by Gasteiger charge is 2.31. The van der Waals surface area contributed by atoms with Gasteiger partial charge in [0, 0.05) is 30.6 Å². The van der Waals surface area contributed by atoms with Gasteiger partial charge in [-0.1, -0.05) is 4.49 Å². The van der Waals surface area contributed by atoms with Crippen molar-refractivity contribution in [2.45, 2.75) is 32.2 Å². The average Bonchev–Trinajstić information content (AvgIpc) is 3.42. The molecule has 166 valence electrons. The number of thiophene rings is 1. The smallest absolute Gasteiger partial charge is 0.226 e. The van der Waals surface area contributed by atoms with Gasteiger partial charge < -0.3 is 15.0 Å². The van der Waals surface area contributed by atoms with E-state index in [1.807, 2.05) is 37.1 Å². The maximum Gasteiger partial charge on any atom is 0.226 e. The van der Waals surface area contributed by atoms with Crippen molar-refractivity contribution in [3.05, 3.63) is 35.0 Å². The minimum atomic E-state index is -0.00882. The second kappa shape index (κ2) is 8.68. The fourth-order valence-corrected chi connectivity index (χ4v) is 6.13. The highest BCUT2D eigenvalue weighted by atomic mass is 32.1. The van der Waals surface area contributed by atoms with E-state index in [1.54, 1.807) is 24.8 Å². The van der Waals surface area contributed by atoms with Crippen LogP contribution < -0.4 is 5.32 Å². The Hall–Kier alpha value is -2.69. The number of fused-ring (bicyclic) bond motifs is 4. The van der Waals surface area contributed by atoms with Crippen LogP contribution in [0, 0.1) is 5.92 Å². The highest BCUT2D eigenvalue weighted by molar-refractivity contribution is 7.19. The second-order valence-electron chi connectivity index (χ2n) is 8.18. The van der Waals surface area contributed by atoms with Crippen LogP contribution in [-0.2, 0) is 22.4 Å². The second-order valence-corrected chi connectivity index (χ2v) is 10.0. The van der Waals surface area contributed by atoms with Crippen LogP contribution in [-0.4, -0.2) is 57.2 Å². The molecule has 8 nitrogen and oxygen atoms in total. The first-order chi connectivity index (χ1) is 15.5. The highest BCUT2D eigenvalue weighted by Crippen LogP contribution is 2.41. The maximum atomic E-state index is 13.1. The molecule has 10 heteroatoms. The number of aromatic nitrogens is 4. The number of likely N-dealkylation sites (N-methyl/N-ethyl adjacent to an activating group) is 1. The molecule has 0 fully saturated rings. The lowest BCUT2D eigenvalue weighted by molar-refractivity contribution is -0.137. The molecule has 0 spiro atoms. The third-order valence-corrected chi connectivity index (χ3v) is 7.97. The molecule has 3 heterocycles. The Morgan fingerprint density at radius 3 is 3.09 bits per heavy atom. The lowest BCUT2D eigenvalue weighted by atomic mass is 9.86. The van der Waals surface area contributed by atoms with Gasteiger partial charge in [0.1, 0.15) is 22.5 Å². The summed E-state index contributed by atoms with van der Waals surface area (Å²) in [6, 6.07) is 6.05. The van der Waals surface area contributed by atoms with Gasteiger partial charge in [-0.25, -0.2) is 9.97 Å². The zero-order chi connectivity index (χ0) is 22.2. The molecule has 0 saturated carbocycles. The summed E-state index contributed by atoms with van der Waals surface area (Å²) in [4.78, 5) is 26.1. The predicted octanol–water partition coefficient (Wildman–Crippen LogP) is 4.04. The largest absolute Gasteiger partial charge is 0.383 e. The number of carbonyl (C=O) groups excluding carboxylic acids is 1. The molecule has 1 aliphatic carbocycles. The van der Waals surface area contributed by atoms with Crippen molar-refractivity contribution < 1.29 is 9.53 Å². The van der Waals surface area contributed by atoms with Crippen molar-refractivity contribution in [2.75, 3.05) is 26.1 Å². The molecule has 0 aliphatic heterocycles. The lowest BCUT2D eigenvalue weighted by Crippen LogP contribution is -2.42. The molecule has 1 N–H and O–H groups in total. The number of hydrogen-bond acceptors (Lipinski definition) is 9. The number of rotatable bonds is 6. The minimum absolute atomic E-state index is 0.00882. The van der Waals surface area contributed by atoms with Crippen molar-refractivity contribution in [3.8, 4) is 0 Å². The first-order valence-corrected chi connectivity index (χ1v) is 12.1. The van der Waals surface area contributed by atoms with Crippen LogP contribution in [0.15, 0.2) is 24.5 Å². The lowest BCUT2D eigenvalue weighted by Gasteiger charge is -2.30. The number of amides is 1. The summed E-state index contributed by atoms with van der Waals surface area (Å²) in [6.07, 6.45) is 4.02. The van der Waals surface area contributed by atoms with Crippen molar-refractivity contribution >= 4 is 60.7 Å². The molecule has 1 aromatic carbocycles. The SMILES string of the molecule is COC[C@@H](C)N(C)C(=O)[C@H]1CCc2c(sc3ncnc(Nc4ccc5nnsc5c4)c23)C1. The van der Waals surface area contributed by atoms with Crippen LogP contribution in [0.25, 0.3) is 20.4 Å². The van der Waals surface area contributed by atoms with Crippen molar-refractivity contribution in [2.24, 2.45) is 5.92 Å². The quantitative estimate of drug-likeness (QED) is 0.456. The minimum Gasteiger partial charge on any atom is -0.383 e. The number of aryl methyl sites for hydroxylation is 1. The van der Waals surface area contributed by atoms with E-state index in [0.29, 0.717) is 6.61 Å². The summed E-state index contributed by atoms with van der Waals surface area (Å²) in [7, 11) is 3.53. The van der Waals surface area contributed by atoms with Crippen LogP contribution in [0.4, 0.5) is 11.5 Å². The summed E-state index contributed by atoms with van der Waals surface area (Å²) in [5, 5.41) is 8.63. The Morgan fingerprint density at radius 1 is 1.38 bits per heavy atom. The van der Waals surface area contributed by atoms with E-state index in [4.69, 9.17) is 4.74 Å². The molecule has 3 aromatic heterocycles. The molecular weight excluding hydrogens is 444 g/mol. The van der Waals surface area contributed by atoms with Crippen molar-refractivity contribution in [3.63, 3.8) is 0 Å². The Labute approximate surface area is 193 Å². The molecule has 4 aromatic rings. The van der Waals surface area contributed by atoms with Gasteiger partial charge in [0.25, 0.3) is 0 Å². The standard InChI is InChI=1S/C22H24N6O2S2/c1-12(10-30-3)28(2)22(29)13-4-6-15-17(8-13)31-21-19(15)20(23-11-24-21)25-14-5-7-16-18(9-14)32-27-26-16/h5,7,9,11-13H,4,6,8,10H2,1-3H3,(H,23,24,25)/t12-,13+/m1/s1. The third kappa shape index (κ3) is 3.82. The number of nitrogens with zero attached hydrogens (tertiary/aromatic N) is 5. The summed E-state index contributed by atoms with van der Waals surface area (Å²) < 4.78 is 10.3. The first-order valence-electron chi connectivity index (χ1n) is 10.5. The number of benzene rings is 1. The van der Waals surface area contributed by atoms with Crippen LogP contribution >= 0.6 is 22.9 Å². The van der Waals surface area contributed by atoms with Crippen molar-refractivity contribution in [1.82, 2.24) is 24.5 Å². The molecule has 0 radical (unpaired) electrons. The van der Waals surface area contributed by atoms with E-state index in [-0.39, 0.29) is 17.9 Å². The number of anilines is 2. The average molecular weight is 469 g/mol. The van der Waals surface area contributed by atoms with E-state index < -0.39 is 0 Å². The molecule has 0 bridgehead atoms. The summed E-state index contributed by atoms with van der Waals surface area (Å²) in [5.74, 6) is 0.985. The number of nitrogens with one attached hydrogen (secondary N) is 1. The van der Waals surface area contributed by atoms with Gasteiger partial charge >= 0.3 is 0 Å². The fraction of sp³-hybridized carbons (Fsp3) is 0.409. The van der Waals surface area contributed by atoms with Gasteiger partial charge in [-0.15, -0.1) is 16.4 Å². The van der Waals surface area contributed by atoms with Crippen LogP contribution in [0.1, 0.15) is 23.8 Å². The molecule has 5 rings (SSSR count). The number of hydrogen-bond donors (Lipinski definition) is 1. The van der Waals surface area contributed by atoms with Gasteiger partial charge in [-0.2, -0.15) is 0 Å². The summed E-state index contributed by atoms with van der Waals surface area (Å²) in [6.45, 7) is 2.55. The molecule has 32 heavy (non-hydrogen) atoms. The monoisotopic (exact) mass is 468 g/mol. The van der Waals surface area contributed by atoms with Gasteiger partial charge in [0.2, 0.25) is 5.91 Å². The Bertz CT molecular complexity index is 1290. The Kier molecular flexibility index (Phi) is 5.75. The van der Waals surface area contributed by atoms with Gasteiger partial charge in [-0.05, 0) is 61.5 Å². The Balaban J connectivity index is 1.42. The summed E-state index contributed by atoms with van der Waals surface area (Å²) >= 11 is 3.05. The number of ether oxygens (including phenoxy) is 1. The Morgan fingerprint density at radius 2 is 2.25 bits per heavy atom. The molecule has 0 unspecified atom stereocenters. The predicted molar refractivity (Wildman–Crippen MR) is 128 cm³/mol. The number of methoxy groups -OCH3 is 1. The van der Waals surface area contributed by atoms with E-state index >= 15 is 0 Å². The molecule has 1 amide bonds. The maximum absolute atomic E-state index is 13.1.